The second-order valence-electron chi connectivity index (χ2n) is 7.11. The average molecular weight is 347 g/mol. The first kappa shape index (κ1) is 15.1. The maximum atomic E-state index is 6.17. The van der Waals surface area contributed by atoms with Crippen molar-refractivity contribution in [1.82, 2.24) is 9.38 Å². The van der Waals surface area contributed by atoms with Gasteiger partial charge in [-0.2, -0.15) is 0 Å². The van der Waals surface area contributed by atoms with Crippen LogP contribution in [0.4, 0.5) is 0 Å². The van der Waals surface area contributed by atoms with E-state index in [1.807, 2.05) is 11.3 Å². The van der Waals surface area contributed by atoms with E-state index >= 15 is 0 Å². The normalized spacial score (nSPS) is 17.3. The monoisotopic (exact) mass is 347 g/mol. The molecule has 3 nitrogen and oxygen atoms in total. The van der Waals surface area contributed by atoms with E-state index in [1.54, 1.807) is 0 Å². The van der Waals surface area contributed by atoms with Crippen LogP contribution in [0.1, 0.15) is 29.6 Å². The molecule has 2 aromatic carbocycles. The van der Waals surface area contributed by atoms with Crippen LogP contribution in [0.5, 0.6) is 0 Å². The van der Waals surface area contributed by atoms with Gasteiger partial charge in [0.25, 0.3) is 0 Å². The molecule has 2 aromatic heterocycles. The molecule has 2 heterocycles. The quantitative estimate of drug-likeness (QED) is 0.566. The van der Waals surface area contributed by atoms with Gasteiger partial charge >= 0.3 is 0 Å². The number of hydrogen-bond donors (Lipinski definition) is 1. The molecule has 25 heavy (non-hydrogen) atoms. The van der Waals surface area contributed by atoms with Crippen molar-refractivity contribution in [2.24, 2.45) is 11.7 Å². The highest BCUT2D eigenvalue weighted by Crippen LogP contribution is 2.36. The Morgan fingerprint density at radius 2 is 2.04 bits per heavy atom. The molecule has 1 atom stereocenters. The molecule has 126 valence electrons. The Balaban J connectivity index is 1.71. The highest BCUT2D eigenvalue weighted by molar-refractivity contribution is 7.17. The zero-order valence-corrected chi connectivity index (χ0v) is 15.1. The summed E-state index contributed by atoms with van der Waals surface area (Å²) in [6.45, 7) is 2.86. The van der Waals surface area contributed by atoms with Gasteiger partial charge in [-0.1, -0.05) is 43.3 Å². The van der Waals surface area contributed by atoms with Gasteiger partial charge in [-0.05, 0) is 42.0 Å². The maximum absolute atomic E-state index is 6.17. The van der Waals surface area contributed by atoms with Crippen LogP contribution >= 0.6 is 11.3 Å². The molecule has 0 bridgehead atoms. The summed E-state index contributed by atoms with van der Waals surface area (Å²) in [6.07, 6.45) is 3.57. The topological polar surface area (TPSA) is 43.3 Å². The van der Waals surface area contributed by atoms with Crippen molar-refractivity contribution >= 4 is 27.1 Å². The Morgan fingerprint density at radius 1 is 1.20 bits per heavy atom. The first-order valence-electron chi connectivity index (χ1n) is 8.95. The van der Waals surface area contributed by atoms with E-state index in [-0.39, 0.29) is 0 Å². The van der Waals surface area contributed by atoms with E-state index in [9.17, 15) is 0 Å². The third kappa shape index (κ3) is 2.32. The van der Waals surface area contributed by atoms with Gasteiger partial charge in [0, 0.05) is 22.7 Å². The minimum atomic E-state index is 0.516. The number of benzene rings is 2. The molecule has 1 aliphatic carbocycles. The SMILES string of the molecule is CC1CCc2c(sc3nc(-c4ccc5ccccc5c4)c(CN)n23)C1. The van der Waals surface area contributed by atoms with Crippen molar-refractivity contribution in [1.29, 1.82) is 0 Å². The van der Waals surface area contributed by atoms with Gasteiger partial charge in [-0.3, -0.25) is 4.40 Å². The van der Waals surface area contributed by atoms with Gasteiger partial charge in [-0.25, -0.2) is 4.98 Å². The van der Waals surface area contributed by atoms with E-state index in [4.69, 9.17) is 10.7 Å². The second-order valence-corrected chi connectivity index (χ2v) is 8.17. The molecule has 5 rings (SSSR count). The summed E-state index contributed by atoms with van der Waals surface area (Å²) in [6, 6.07) is 15.0. The van der Waals surface area contributed by atoms with Gasteiger partial charge in [0.1, 0.15) is 0 Å². The van der Waals surface area contributed by atoms with E-state index in [2.05, 4.69) is 53.8 Å². The Bertz CT molecular complexity index is 1090. The van der Waals surface area contributed by atoms with Gasteiger partial charge in [-0.15, -0.1) is 11.3 Å². The van der Waals surface area contributed by atoms with Gasteiger partial charge in [0.05, 0.1) is 11.4 Å². The Morgan fingerprint density at radius 3 is 2.88 bits per heavy atom. The first-order chi connectivity index (χ1) is 12.2. The molecule has 0 radical (unpaired) electrons. The number of fused-ring (bicyclic) bond motifs is 4. The van der Waals surface area contributed by atoms with E-state index in [1.165, 1.54) is 34.2 Å². The van der Waals surface area contributed by atoms with Gasteiger partial charge < -0.3 is 5.73 Å². The Kier molecular flexibility index (Phi) is 3.43. The summed E-state index contributed by atoms with van der Waals surface area (Å²) in [4.78, 5) is 7.59. The standard InChI is InChI=1S/C21H21N3S/c1-13-6-9-17-19(10-13)25-21-23-20(18(12-22)24(17)21)16-8-7-14-4-2-3-5-15(14)11-16/h2-5,7-8,11,13H,6,9-10,12,22H2,1H3. The predicted molar refractivity (Wildman–Crippen MR) is 105 cm³/mol. The van der Waals surface area contributed by atoms with Crippen molar-refractivity contribution in [3.05, 3.63) is 58.7 Å². The molecule has 0 amide bonds. The summed E-state index contributed by atoms with van der Waals surface area (Å²) in [5, 5.41) is 2.50. The van der Waals surface area contributed by atoms with Crippen LogP contribution in [-0.4, -0.2) is 9.38 Å². The Hall–Kier alpha value is -2.17. The fraction of sp³-hybridized carbons (Fsp3) is 0.286. The Labute approximate surface area is 151 Å². The molecular formula is C21H21N3S. The maximum Gasteiger partial charge on any atom is 0.194 e. The van der Waals surface area contributed by atoms with E-state index in [0.29, 0.717) is 6.54 Å². The summed E-state index contributed by atoms with van der Waals surface area (Å²) >= 11 is 1.85. The van der Waals surface area contributed by atoms with E-state index in [0.717, 1.165) is 34.3 Å². The van der Waals surface area contributed by atoms with Crippen LogP contribution in [0.3, 0.4) is 0 Å². The summed E-state index contributed by atoms with van der Waals surface area (Å²) in [5.41, 5.74) is 11.0. The first-order valence-corrected chi connectivity index (χ1v) is 9.77. The lowest BCUT2D eigenvalue weighted by Crippen LogP contribution is -2.13. The molecule has 4 heteroatoms. The zero-order chi connectivity index (χ0) is 17.0. The van der Waals surface area contributed by atoms with Crippen molar-refractivity contribution in [3.8, 4) is 11.3 Å². The molecule has 0 fully saturated rings. The van der Waals surface area contributed by atoms with Crippen LogP contribution in [0, 0.1) is 5.92 Å². The molecule has 1 aliphatic rings. The van der Waals surface area contributed by atoms with Crippen LogP contribution in [-0.2, 0) is 19.4 Å². The van der Waals surface area contributed by atoms with Crippen molar-refractivity contribution in [2.75, 3.05) is 0 Å². The van der Waals surface area contributed by atoms with Gasteiger partial charge in [0.15, 0.2) is 4.96 Å². The molecule has 0 saturated carbocycles. The highest BCUT2D eigenvalue weighted by Gasteiger charge is 2.24. The number of nitrogens with zero attached hydrogens (tertiary/aromatic N) is 2. The lowest BCUT2D eigenvalue weighted by Gasteiger charge is -2.18. The largest absolute Gasteiger partial charge is 0.325 e. The molecule has 1 unspecified atom stereocenters. The minimum absolute atomic E-state index is 0.516. The number of rotatable bonds is 2. The molecule has 0 aliphatic heterocycles. The average Bonchev–Trinajstić information content (AvgIpc) is 3.16. The molecule has 4 aromatic rings. The number of thiazole rings is 1. The van der Waals surface area contributed by atoms with Crippen LogP contribution in [0.2, 0.25) is 0 Å². The van der Waals surface area contributed by atoms with Crippen LogP contribution in [0.15, 0.2) is 42.5 Å². The fourth-order valence-corrected chi connectivity index (χ4v) is 5.39. The fourth-order valence-electron chi connectivity index (χ4n) is 4.04. The van der Waals surface area contributed by atoms with Crippen LogP contribution in [0.25, 0.3) is 27.0 Å². The lowest BCUT2D eigenvalue weighted by molar-refractivity contribution is 0.498. The number of nitrogens with two attached hydrogens (primary N) is 1. The molecule has 0 saturated heterocycles. The van der Waals surface area contributed by atoms with Crippen molar-refractivity contribution in [2.45, 2.75) is 32.7 Å². The number of aryl methyl sites for hydroxylation is 1. The summed E-state index contributed by atoms with van der Waals surface area (Å²) in [7, 11) is 0. The molecular weight excluding hydrogens is 326 g/mol. The highest BCUT2D eigenvalue weighted by atomic mass is 32.1. The molecule has 0 spiro atoms. The second kappa shape index (κ2) is 5.68. The minimum Gasteiger partial charge on any atom is -0.325 e. The zero-order valence-electron chi connectivity index (χ0n) is 14.3. The van der Waals surface area contributed by atoms with Crippen molar-refractivity contribution in [3.63, 3.8) is 0 Å². The number of imidazole rings is 1. The van der Waals surface area contributed by atoms with Crippen LogP contribution < -0.4 is 5.73 Å². The third-order valence-corrected chi connectivity index (χ3v) is 6.48. The number of hydrogen-bond acceptors (Lipinski definition) is 3. The molecule has 2 N–H and O–H groups in total. The van der Waals surface area contributed by atoms with Gasteiger partial charge in [0.2, 0.25) is 0 Å². The number of aromatic nitrogens is 2. The van der Waals surface area contributed by atoms with E-state index < -0.39 is 0 Å². The lowest BCUT2D eigenvalue weighted by atomic mass is 9.93. The predicted octanol–water partition coefficient (Wildman–Crippen LogP) is 4.80. The summed E-state index contributed by atoms with van der Waals surface area (Å²) < 4.78 is 2.34. The third-order valence-electron chi connectivity index (χ3n) is 5.37. The van der Waals surface area contributed by atoms with Crippen molar-refractivity contribution < 1.29 is 0 Å². The summed E-state index contributed by atoms with van der Waals surface area (Å²) in [5.74, 6) is 0.775. The smallest absolute Gasteiger partial charge is 0.194 e.